The van der Waals surface area contributed by atoms with Gasteiger partial charge in [-0.25, -0.2) is 18.4 Å². The molecule has 3 heterocycles. The highest BCUT2D eigenvalue weighted by Crippen LogP contribution is 2.48. The molecule has 10 heteroatoms. The van der Waals surface area contributed by atoms with E-state index in [1.165, 1.54) is 6.07 Å². The lowest BCUT2D eigenvalue weighted by molar-refractivity contribution is 0.100. The summed E-state index contributed by atoms with van der Waals surface area (Å²) in [5.41, 5.74) is 8.45. The van der Waals surface area contributed by atoms with Gasteiger partial charge in [-0.3, -0.25) is 9.59 Å². The molecule has 5 rings (SSSR count). The minimum absolute atomic E-state index is 0.0786. The smallest absolute Gasteiger partial charge is 0.280 e. The van der Waals surface area contributed by atoms with Gasteiger partial charge in [0.25, 0.3) is 18.2 Å². The Labute approximate surface area is 197 Å². The molecule has 7 nitrogen and oxygen atoms in total. The van der Waals surface area contributed by atoms with E-state index in [1.807, 2.05) is 30.3 Å². The molecule has 3 aromatic heterocycles. The van der Waals surface area contributed by atoms with Crippen LogP contribution in [0.3, 0.4) is 0 Å². The summed E-state index contributed by atoms with van der Waals surface area (Å²) in [6.07, 6.45) is -1.05. The molecule has 1 aliphatic carbocycles. The fourth-order valence-corrected chi connectivity index (χ4v) is 5.26. The van der Waals surface area contributed by atoms with Crippen LogP contribution in [-0.2, 0) is 0 Å². The number of nitrogens with one attached hydrogen (secondary N) is 1. The second-order valence-electron chi connectivity index (χ2n) is 8.31. The van der Waals surface area contributed by atoms with Gasteiger partial charge >= 0.3 is 0 Å². The highest BCUT2D eigenvalue weighted by molar-refractivity contribution is 7.21. The number of pyridine rings is 1. The predicted octanol–water partition coefficient (Wildman–Crippen LogP) is 5.27. The molecule has 174 valence electrons. The van der Waals surface area contributed by atoms with Crippen molar-refractivity contribution < 1.29 is 18.4 Å². The molecule has 0 radical (unpaired) electrons. The maximum Gasteiger partial charge on any atom is 0.280 e. The molecule has 1 aromatic carbocycles. The third-order valence-corrected chi connectivity index (χ3v) is 7.03. The molecule has 1 fully saturated rings. The van der Waals surface area contributed by atoms with Gasteiger partial charge in [0.05, 0.1) is 28.3 Å². The van der Waals surface area contributed by atoms with Crippen molar-refractivity contribution in [3.05, 3.63) is 69.5 Å². The van der Waals surface area contributed by atoms with Crippen LogP contribution in [0.15, 0.2) is 36.4 Å². The molecule has 1 aliphatic rings. The highest BCUT2D eigenvalue weighted by Gasteiger charge is 2.32. The topological polar surface area (TPSA) is 103 Å². The SMILES string of the molecule is Cc1nn(-c2ccccc2)c(C)c1C(=O)Nc1c(C(N)=O)sc2nc(C(F)F)cc(C3CC3)c12. The Morgan fingerprint density at radius 2 is 1.91 bits per heavy atom. The normalized spacial score (nSPS) is 13.6. The molecular weight excluding hydrogens is 460 g/mol. The Balaban J connectivity index is 1.62. The third-order valence-electron chi connectivity index (χ3n) is 5.93. The summed E-state index contributed by atoms with van der Waals surface area (Å²) >= 11 is 0.916. The number of nitrogens with zero attached hydrogens (tertiary/aromatic N) is 3. The van der Waals surface area contributed by atoms with Gasteiger partial charge < -0.3 is 11.1 Å². The van der Waals surface area contributed by atoms with E-state index in [-0.39, 0.29) is 27.0 Å². The lowest BCUT2D eigenvalue weighted by atomic mass is 10.0. The summed E-state index contributed by atoms with van der Waals surface area (Å²) in [5.74, 6) is -1.13. The predicted molar refractivity (Wildman–Crippen MR) is 126 cm³/mol. The zero-order chi connectivity index (χ0) is 24.1. The van der Waals surface area contributed by atoms with Crippen LogP contribution in [0, 0.1) is 13.8 Å². The largest absolute Gasteiger partial charge is 0.365 e. The van der Waals surface area contributed by atoms with E-state index >= 15 is 0 Å². The molecule has 0 aliphatic heterocycles. The Kier molecular flexibility index (Phi) is 5.40. The number of amides is 2. The summed E-state index contributed by atoms with van der Waals surface area (Å²) in [4.78, 5) is 30.1. The van der Waals surface area contributed by atoms with E-state index in [2.05, 4.69) is 15.4 Å². The van der Waals surface area contributed by atoms with Crippen LogP contribution in [0.1, 0.15) is 67.9 Å². The number of hydrogen-bond donors (Lipinski definition) is 2. The maximum atomic E-state index is 13.5. The van der Waals surface area contributed by atoms with E-state index in [9.17, 15) is 18.4 Å². The van der Waals surface area contributed by atoms with Crippen LogP contribution in [0.5, 0.6) is 0 Å². The number of fused-ring (bicyclic) bond motifs is 1. The first-order valence-electron chi connectivity index (χ1n) is 10.7. The summed E-state index contributed by atoms with van der Waals surface area (Å²) in [5, 5.41) is 7.85. The number of para-hydroxylation sites is 1. The lowest BCUT2D eigenvalue weighted by Gasteiger charge is -2.11. The number of benzene rings is 1. The fourth-order valence-electron chi connectivity index (χ4n) is 4.24. The molecule has 2 amide bonds. The van der Waals surface area contributed by atoms with Gasteiger partial charge in [0.15, 0.2) is 0 Å². The molecule has 3 N–H and O–H groups in total. The minimum atomic E-state index is -2.74. The molecule has 34 heavy (non-hydrogen) atoms. The van der Waals surface area contributed by atoms with Crippen LogP contribution in [0.4, 0.5) is 14.5 Å². The van der Waals surface area contributed by atoms with Crippen molar-refractivity contribution in [1.29, 1.82) is 0 Å². The van der Waals surface area contributed by atoms with Gasteiger partial charge in [-0.2, -0.15) is 5.10 Å². The average molecular weight is 482 g/mol. The Bertz CT molecular complexity index is 1440. The van der Waals surface area contributed by atoms with Crippen molar-refractivity contribution in [3.63, 3.8) is 0 Å². The van der Waals surface area contributed by atoms with E-state index < -0.39 is 18.2 Å². The van der Waals surface area contributed by atoms with Crippen LogP contribution in [0.25, 0.3) is 15.9 Å². The van der Waals surface area contributed by atoms with Gasteiger partial charge in [-0.05, 0) is 56.4 Å². The quantitative estimate of drug-likeness (QED) is 0.392. The number of halogens is 2. The number of nitrogens with two attached hydrogens (primary N) is 1. The zero-order valence-electron chi connectivity index (χ0n) is 18.4. The number of rotatable bonds is 6. The lowest BCUT2D eigenvalue weighted by Crippen LogP contribution is -2.18. The highest BCUT2D eigenvalue weighted by atomic mass is 32.1. The number of alkyl halides is 2. The Morgan fingerprint density at radius 1 is 1.21 bits per heavy atom. The fraction of sp³-hybridized carbons (Fsp3) is 0.250. The monoisotopic (exact) mass is 481 g/mol. The van der Waals surface area contributed by atoms with Crippen LogP contribution >= 0.6 is 11.3 Å². The summed E-state index contributed by atoms with van der Waals surface area (Å²) in [6, 6.07) is 10.8. The zero-order valence-corrected chi connectivity index (χ0v) is 19.2. The average Bonchev–Trinajstić information content (AvgIpc) is 3.52. The number of aryl methyl sites for hydroxylation is 1. The van der Waals surface area contributed by atoms with Crippen molar-refractivity contribution in [2.75, 3.05) is 5.32 Å². The second-order valence-corrected chi connectivity index (χ2v) is 9.31. The first kappa shape index (κ1) is 22.1. The molecule has 0 unspecified atom stereocenters. The third kappa shape index (κ3) is 3.73. The van der Waals surface area contributed by atoms with Gasteiger partial charge in [0, 0.05) is 5.39 Å². The summed E-state index contributed by atoms with van der Waals surface area (Å²) in [6.45, 7) is 3.52. The standard InChI is InChI=1S/C24H21F2N5O2S/c1-11-17(12(2)31(30-11)14-6-4-3-5-7-14)23(33)29-19-18-15(13-8-9-13)10-16(21(25)26)28-24(18)34-20(19)22(27)32/h3-7,10,13,21H,8-9H2,1-2H3,(H2,27,32)(H,29,33). The Morgan fingerprint density at radius 3 is 2.53 bits per heavy atom. The maximum absolute atomic E-state index is 13.5. The number of carbonyl (C=O) groups excluding carboxylic acids is 2. The van der Waals surface area contributed by atoms with Crippen molar-refractivity contribution in [2.45, 2.75) is 39.0 Å². The second kappa shape index (κ2) is 8.28. The van der Waals surface area contributed by atoms with E-state index in [1.54, 1.807) is 18.5 Å². The van der Waals surface area contributed by atoms with Crippen molar-refractivity contribution in [2.24, 2.45) is 5.73 Å². The molecule has 0 saturated heterocycles. The van der Waals surface area contributed by atoms with Crippen molar-refractivity contribution in [3.8, 4) is 5.69 Å². The van der Waals surface area contributed by atoms with Crippen LogP contribution < -0.4 is 11.1 Å². The molecule has 0 atom stereocenters. The van der Waals surface area contributed by atoms with Crippen molar-refractivity contribution in [1.82, 2.24) is 14.8 Å². The van der Waals surface area contributed by atoms with E-state index in [0.717, 1.165) is 29.9 Å². The first-order chi connectivity index (χ1) is 16.3. The minimum Gasteiger partial charge on any atom is -0.365 e. The molecular formula is C24H21F2N5O2S. The molecule has 4 aromatic rings. The van der Waals surface area contributed by atoms with E-state index in [4.69, 9.17) is 5.73 Å². The van der Waals surface area contributed by atoms with Gasteiger partial charge in [-0.15, -0.1) is 11.3 Å². The van der Waals surface area contributed by atoms with Crippen molar-refractivity contribution >= 4 is 39.1 Å². The molecule has 0 bridgehead atoms. The first-order valence-corrected chi connectivity index (χ1v) is 11.6. The number of carbonyl (C=O) groups is 2. The number of thiophene rings is 1. The van der Waals surface area contributed by atoms with Gasteiger partial charge in [-0.1, -0.05) is 18.2 Å². The van der Waals surface area contributed by atoms with Crippen LogP contribution in [-0.4, -0.2) is 26.6 Å². The molecule has 1 saturated carbocycles. The van der Waals surface area contributed by atoms with Gasteiger partial charge in [0.1, 0.15) is 15.4 Å². The number of hydrogen-bond acceptors (Lipinski definition) is 5. The van der Waals surface area contributed by atoms with E-state index in [0.29, 0.717) is 27.9 Å². The molecule has 0 spiro atoms. The van der Waals surface area contributed by atoms with Gasteiger partial charge in [0.2, 0.25) is 0 Å². The summed E-state index contributed by atoms with van der Waals surface area (Å²) in [7, 11) is 0. The summed E-state index contributed by atoms with van der Waals surface area (Å²) < 4.78 is 28.6. The number of primary amides is 1. The Hall–Kier alpha value is -3.66. The number of aromatic nitrogens is 3. The van der Waals surface area contributed by atoms with Crippen LogP contribution in [0.2, 0.25) is 0 Å². The number of anilines is 1.